The molecular formula is C26H23ClN2O5. The van der Waals surface area contributed by atoms with Crippen molar-refractivity contribution in [3.8, 4) is 11.5 Å². The Morgan fingerprint density at radius 3 is 2.59 bits per heavy atom. The van der Waals surface area contributed by atoms with Gasteiger partial charge < -0.3 is 19.5 Å². The van der Waals surface area contributed by atoms with Crippen LogP contribution in [0.2, 0.25) is 5.02 Å². The number of hydrogen-bond acceptors (Lipinski definition) is 6. The predicted molar refractivity (Wildman–Crippen MR) is 128 cm³/mol. The summed E-state index contributed by atoms with van der Waals surface area (Å²) in [7, 11) is 2.96. The lowest BCUT2D eigenvalue weighted by atomic mass is 9.94. The normalized spacial score (nSPS) is 17.2. The van der Waals surface area contributed by atoms with Gasteiger partial charge in [-0.25, -0.2) is 0 Å². The minimum absolute atomic E-state index is 0.0536. The van der Waals surface area contributed by atoms with Gasteiger partial charge in [-0.3, -0.25) is 14.6 Å². The molecule has 1 unspecified atom stereocenters. The van der Waals surface area contributed by atoms with Crippen molar-refractivity contribution in [2.45, 2.75) is 19.5 Å². The van der Waals surface area contributed by atoms with Gasteiger partial charge in [-0.15, -0.1) is 0 Å². The average Bonchev–Trinajstić information content (AvgIpc) is 3.08. The fourth-order valence-corrected chi connectivity index (χ4v) is 4.50. The fourth-order valence-electron chi connectivity index (χ4n) is 4.15. The van der Waals surface area contributed by atoms with Crippen molar-refractivity contribution in [1.82, 2.24) is 9.88 Å². The summed E-state index contributed by atoms with van der Waals surface area (Å²) in [4.78, 5) is 32.0. The molecule has 2 aromatic carbocycles. The van der Waals surface area contributed by atoms with Crippen LogP contribution in [0.3, 0.4) is 0 Å². The number of methoxy groups -OCH3 is 2. The summed E-state index contributed by atoms with van der Waals surface area (Å²) in [5, 5.41) is 11.7. The lowest BCUT2D eigenvalue weighted by molar-refractivity contribution is -0.140. The van der Waals surface area contributed by atoms with Gasteiger partial charge >= 0.3 is 0 Å². The Kier molecular flexibility index (Phi) is 6.56. The number of aliphatic hydroxyl groups excluding tert-OH is 1. The van der Waals surface area contributed by atoms with Crippen LogP contribution >= 0.6 is 11.6 Å². The molecule has 4 rings (SSSR count). The quantitative estimate of drug-likeness (QED) is 0.314. The van der Waals surface area contributed by atoms with Crippen LogP contribution in [-0.4, -0.2) is 40.9 Å². The van der Waals surface area contributed by atoms with Crippen LogP contribution in [0.25, 0.3) is 5.76 Å². The van der Waals surface area contributed by atoms with E-state index in [9.17, 15) is 14.7 Å². The van der Waals surface area contributed by atoms with E-state index < -0.39 is 17.7 Å². The topological polar surface area (TPSA) is 89.0 Å². The lowest BCUT2D eigenvalue weighted by Gasteiger charge is -2.26. The first-order valence-electron chi connectivity index (χ1n) is 10.5. The number of pyridine rings is 1. The number of aryl methyl sites for hydroxylation is 1. The summed E-state index contributed by atoms with van der Waals surface area (Å²) < 4.78 is 10.8. The summed E-state index contributed by atoms with van der Waals surface area (Å²) in [5.74, 6) is -1.11. The zero-order valence-electron chi connectivity index (χ0n) is 18.9. The molecule has 1 aliphatic heterocycles. The number of rotatable bonds is 6. The molecule has 1 fully saturated rings. The van der Waals surface area contributed by atoms with Crippen molar-refractivity contribution in [3.05, 3.63) is 93.8 Å². The van der Waals surface area contributed by atoms with Crippen LogP contribution in [0, 0.1) is 6.92 Å². The number of carbonyl (C=O) groups is 2. The number of Topliss-reactive ketones (excluding diaryl/α,β-unsaturated/α-hetero) is 1. The highest BCUT2D eigenvalue weighted by molar-refractivity contribution is 6.46. The molecule has 0 saturated carbocycles. The van der Waals surface area contributed by atoms with Crippen LogP contribution in [0.5, 0.6) is 11.5 Å². The van der Waals surface area contributed by atoms with Crippen molar-refractivity contribution in [2.24, 2.45) is 0 Å². The van der Waals surface area contributed by atoms with Gasteiger partial charge in [0.25, 0.3) is 11.7 Å². The van der Waals surface area contributed by atoms with Crippen molar-refractivity contribution < 1.29 is 24.2 Å². The summed E-state index contributed by atoms with van der Waals surface area (Å²) >= 11 is 6.34. The van der Waals surface area contributed by atoms with Gasteiger partial charge in [-0.05, 0) is 53.9 Å². The van der Waals surface area contributed by atoms with Crippen LogP contribution in [0.15, 0.2) is 66.5 Å². The highest BCUT2D eigenvalue weighted by atomic mass is 35.5. The van der Waals surface area contributed by atoms with E-state index >= 15 is 0 Å². The standard InChI is InChI=1S/C26H23ClN2O5/c1-15-10-19(25(34-3)20(27)11-15)23(30)21-22(17-7-4-8-18(12-17)33-2)29(26(32)24(21)31)14-16-6-5-9-28-13-16/h4-13,22,30H,14H2,1-3H3/b23-21+. The molecule has 0 bridgehead atoms. The number of hydrogen-bond donors (Lipinski definition) is 1. The third-order valence-corrected chi connectivity index (χ3v) is 5.95. The minimum atomic E-state index is -0.862. The maximum absolute atomic E-state index is 13.3. The third-order valence-electron chi connectivity index (χ3n) is 5.67. The number of ketones is 1. The number of likely N-dealkylation sites (tertiary alicyclic amines) is 1. The molecular weight excluding hydrogens is 456 g/mol. The maximum Gasteiger partial charge on any atom is 0.295 e. The fraction of sp³-hybridized carbons (Fsp3) is 0.192. The van der Waals surface area contributed by atoms with E-state index in [2.05, 4.69) is 4.98 Å². The van der Waals surface area contributed by atoms with Crippen molar-refractivity contribution >= 4 is 29.1 Å². The Hall–Kier alpha value is -3.84. The van der Waals surface area contributed by atoms with E-state index in [-0.39, 0.29) is 34.2 Å². The van der Waals surface area contributed by atoms with Gasteiger partial charge in [0.2, 0.25) is 0 Å². The Balaban J connectivity index is 1.94. The smallest absolute Gasteiger partial charge is 0.295 e. The summed E-state index contributed by atoms with van der Waals surface area (Å²) in [6, 6.07) is 13.1. The minimum Gasteiger partial charge on any atom is -0.507 e. The zero-order chi connectivity index (χ0) is 24.4. The van der Waals surface area contributed by atoms with Crippen LogP contribution in [-0.2, 0) is 16.1 Å². The first kappa shape index (κ1) is 23.3. The molecule has 0 radical (unpaired) electrons. The number of benzene rings is 2. The Morgan fingerprint density at radius 2 is 1.91 bits per heavy atom. The van der Waals surface area contributed by atoms with Gasteiger partial charge in [0.05, 0.1) is 36.4 Å². The summed E-state index contributed by atoms with van der Waals surface area (Å²) in [6.07, 6.45) is 3.26. The molecule has 174 valence electrons. The van der Waals surface area contributed by atoms with Gasteiger partial charge in [0.15, 0.2) is 0 Å². The molecule has 1 N–H and O–H groups in total. The van der Waals surface area contributed by atoms with E-state index in [4.69, 9.17) is 21.1 Å². The number of amides is 1. The Labute approximate surface area is 202 Å². The molecule has 34 heavy (non-hydrogen) atoms. The summed E-state index contributed by atoms with van der Waals surface area (Å²) in [6.45, 7) is 1.94. The zero-order valence-corrected chi connectivity index (χ0v) is 19.7. The molecule has 8 heteroatoms. The third kappa shape index (κ3) is 4.22. The Morgan fingerprint density at radius 1 is 1.12 bits per heavy atom. The van der Waals surface area contributed by atoms with Gasteiger partial charge in [-0.2, -0.15) is 0 Å². The van der Waals surface area contributed by atoms with Crippen molar-refractivity contribution in [1.29, 1.82) is 0 Å². The number of carbonyl (C=O) groups excluding carboxylic acids is 2. The first-order valence-corrected chi connectivity index (χ1v) is 10.9. The van der Waals surface area contributed by atoms with Crippen LogP contribution in [0.1, 0.15) is 28.3 Å². The van der Waals surface area contributed by atoms with E-state index in [1.807, 2.05) is 13.0 Å². The van der Waals surface area contributed by atoms with E-state index in [1.54, 1.807) is 54.9 Å². The van der Waals surface area contributed by atoms with Crippen molar-refractivity contribution in [3.63, 3.8) is 0 Å². The number of ether oxygens (including phenoxy) is 2. The predicted octanol–water partition coefficient (Wildman–Crippen LogP) is 4.68. The van der Waals surface area contributed by atoms with E-state index in [1.165, 1.54) is 19.1 Å². The van der Waals surface area contributed by atoms with Gasteiger partial charge in [-0.1, -0.05) is 29.8 Å². The SMILES string of the molecule is COc1cccc(C2/C(=C(\O)c3cc(C)cc(Cl)c3OC)C(=O)C(=O)N2Cc2cccnc2)c1. The molecule has 1 atom stereocenters. The molecule has 1 aliphatic rings. The van der Waals surface area contributed by atoms with Crippen LogP contribution < -0.4 is 9.47 Å². The second kappa shape index (κ2) is 9.57. The summed E-state index contributed by atoms with van der Waals surface area (Å²) in [5.41, 5.74) is 2.30. The molecule has 1 amide bonds. The highest BCUT2D eigenvalue weighted by Crippen LogP contribution is 2.43. The number of aliphatic hydroxyl groups is 1. The molecule has 7 nitrogen and oxygen atoms in total. The molecule has 2 heterocycles. The largest absolute Gasteiger partial charge is 0.507 e. The average molecular weight is 479 g/mol. The molecule has 0 spiro atoms. The maximum atomic E-state index is 13.3. The lowest BCUT2D eigenvalue weighted by Crippen LogP contribution is -2.29. The van der Waals surface area contributed by atoms with Crippen molar-refractivity contribution in [2.75, 3.05) is 14.2 Å². The molecule has 1 aromatic heterocycles. The number of nitrogens with zero attached hydrogens (tertiary/aromatic N) is 2. The van der Waals surface area contributed by atoms with Gasteiger partial charge in [0, 0.05) is 18.9 Å². The van der Waals surface area contributed by atoms with Gasteiger partial charge in [0.1, 0.15) is 17.3 Å². The monoisotopic (exact) mass is 478 g/mol. The molecule has 3 aromatic rings. The second-order valence-electron chi connectivity index (χ2n) is 7.89. The first-order chi connectivity index (χ1) is 16.3. The molecule has 1 saturated heterocycles. The van der Waals surface area contributed by atoms with E-state index in [0.29, 0.717) is 11.3 Å². The molecule has 0 aliphatic carbocycles. The van der Waals surface area contributed by atoms with Crippen LogP contribution in [0.4, 0.5) is 0 Å². The second-order valence-corrected chi connectivity index (χ2v) is 8.30. The van der Waals surface area contributed by atoms with E-state index in [0.717, 1.165) is 11.1 Å². The Bertz CT molecular complexity index is 1290. The number of halogens is 1. The number of aromatic nitrogens is 1. The highest BCUT2D eigenvalue weighted by Gasteiger charge is 2.46.